The van der Waals surface area contributed by atoms with Gasteiger partial charge in [-0.3, -0.25) is 4.79 Å². The molecular formula is C21H23NO5. The number of benzene rings is 2. The fourth-order valence-electron chi connectivity index (χ4n) is 2.92. The van der Waals surface area contributed by atoms with Crippen LogP contribution in [0.5, 0.6) is 5.75 Å². The molecule has 6 heteroatoms. The van der Waals surface area contributed by atoms with Crippen molar-refractivity contribution in [3.8, 4) is 5.75 Å². The van der Waals surface area contributed by atoms with Crippen LogP contribution in [0.1, 0.15) is 22.3 Å². The molecule has 142 valence electrons. The lowest BCUT2D eigenvalue weighted by atomic mass is 10.0. The second-order valence-corrected chi connectivity index (χ2v) is 6.45. The Labute approximate surface area is 158 Å². The van der Waals surface area contributed by atoms with Crippen molar-refractivity contribution in [3.63, 3.8) is 0 Å². The zero-order chi connectivity index (χ0) is 19.1. The van der Waals surface area contributed by atoms with E-state index in [0.29, 0.717) is 31.9 Å². The molecule has 2 aromatic carbocycles. The number of amides is 1. The summed E-state index contributed by atoms with van der Waals surface area (Å²) in [4.78, 5) is 25.2. The van der Waals surface area contributed by atoms with Gasteiger partial charge in [0.2, 0.25) is 5.91 Å². The molecule has 1 amide bonds. The molecule has 0 radical (unpaired) electrons. The molecule has 0 spiro atoms. The van der Waals surface area contributed by atoms with Crippen molar-refractivity contribution in [2.24, 2.45) is 0 Å². The SMILES string of the molecule is O=C(O)c1ccccc1CC(=O)N1CC(OCCCOc2ccccc2)C1. The fourth-order valence-corrected chi connectivity index (χ4v) is 2.92. The molecule has 2 aromatic rings. The van der Waals surface area contributed by atoms with Gasteiger partial charge >= 0.3 is 5.97 Å². The van der Waals surface area contributed by atoms with E-state index < -0.39 is 5.97 Å². The topological polar surface area (TPSA) is 76.1 Å². The van der Waals surface area contributed by atoms with Crippen LogP contribution < -0.4 is 4.74 Å². The molecule has 0 unspecified atom stereocenters. The van der Waals surface area contributed by atoms with Crippen LogP contribution in [0.2, 0.25) is 0 Å². The van der Waals surface area contributed by atoms with Gasteiger partial charge < -0.3 is 19.5 Å². The van der Waals surface area contributed by atoms with Gasteiger partial charge in [0.25, 0.3) is 0 Å². The molecule has 0 atom stereocenters. The number of para-hydroxylation sites is 1. The van der Waals surface area contributed by atoms with Crippen molar-refractivity contribution >= 4 is 11.9 Å². The van der Waals surface area contributed by atoms with E-state index in [0.717, 1.165) is 12.2 Å². The maximum atomic E-state index is 12.3. The van der Waals surface area contributed by atoms with Crippen LogP contribution in [0.4, 0.5) is 0 Å². The number of carboxylic acid groups (broad SMARTS) is 1. The summed E-state index contributed by atoms with van der Waals surface area (Å²) in [7, 11) is 0. The number of carbonyl (C=O) groups excluding carboxylic acids is 1. The van der Waals surface area contributed by atoms with Gasteiger partial charge in [-0.1, -0.05) is 36.4 Å². The van der Waals surface area contributed by atoms with Crippen molar-refractivity contribution in [1.82, 2.24) is 4.90 Å². The van der Waals surface area contributed by atoms with Crippen LogP contribution in [0.25, 0.3) is 0 Å². The smallest absolute Gasteiger partial charge is 0.335 e. The van der Waals surface area contributed by atoms with Gasteiger partial charge in [-0.2, -0.15) is 0 Å². The molecule has 1 N–H and O–H groups in total. The summed E-state index contributed by atoms with van der Waals surface area (Å²) in [6.07, 6.45) is 0.922. The van der Waals surface area contributed by atoms with Crippen LogP contribution >= 0.6 is 0 Å². The van der Waals surface area contributed by atoms with E-state index in [1.807, 2.05) is 30.3 Å². The summed E-state index contributed by atoms with van der Waals surface area (Å²) in [5.41, 5.74) is 0.718. The van der Waals surface area contributed by atoms with E-state index in [1.165, 1.54) is 6.07 Å². The van der Waals surface area contributed by atoms with Gasteiger partial charge in [-0.25, -0.2) is 4.79 Å². The molecule has 0 bridgehead atoms. The van der Waals surface area contributed by atoms with Crippen LogP contribution in [-0.2, 0) is 16.0 Å². The molecule has 0 saturated carbocycles. The van der Waals surface area contributed by atoms with Crippen LogP contribution in [0, 0.1) is 0 Å². The second-order valence-electron chi connectivity index (χ2n) is 6.45. The Morgan fingerprint density at radius 2 is 1.70 bits per heavy atom. The monoisotopic (exact) mass is 369 g/mol. The standard InChI is InChI=1S/C21H23NO5/c23-20(13-16-7-4-5-10-19(16)21(24)25)22-14-18(15-22)27-12-6-11-26-17-8-2-1-3-9-17/h1-5,7-10,18H,6,11-15H2,(H,24,25). The van der Waals surface area contributed by atoms with Crippen molar-refractivity contribution in [2.75, 3.05) is 26.3 Å². The van der Waals surface area contributed by atoms with Crippen molar-refractivity contribution in [2.45, 2.75) is 18.9 Å². The third-order valence-electron chi connectivity index (χ3n) is 4.44. The molecule has 3 rings (SSSR count). The van der Waals surface area contributed by atoms with Gasteiger partial charge in [0.1, 0.15) is 5.75 Å². The van der Waals surface area contributed by atoms with Crippen LogP contribution in [-0.4, -0.2) is 54.3 Å². The number of hydrogen-bond donors (Lipinski definition) is 1. The number of ether oxygens (including phenoxy) is 2. The zero-order valence-electron chi connectivity index (χ0n) is 15.0. The number of aromatic carboxylic acids is 1. The minimum Gasteiger partial charge on any atom is -0.494 e. The van der Waals surface area contributed by atoms with E-state index in [9.17, 15) is 14.7 Å². The predicted octanol–water partition coefficient (Wildman–Crippen LogP) is 2.62. The average Bonchev–Trinajstić information content (AvgIpc) is 2.64. The van der Waals surface area contributed by atoms with Gasteiger partial charge in [-0.05, 0) is 23.8 Å². The predicted molar refractivity (Wildman–Crippen MR) is 100.0 cm³/mol. The highest BCUT2D eigenvalue weighted by Crippen LogP contribution is 2.17. The fraction of sp³-hybridized carbons (Fsp3) is 0.333. The summed E-state index contributed by atoms with van der Waals surface area (Å²) in [6.45, 7) is 2.27. The first-order chi connectivity index (χ1) is 13.1. The Kier molecular flexibility index (Phi) is 6.44. The largest absolute Gasteiger partial charge is 0.494 e. The number of likely N-dealkylation sites (tertiary alicyclic amines) is 1. The van der Waals surface area contributed by atoms with Crippen LogP contribution in [0.3, 0.4) is 0 Å². The van der Waals surface area contributed by atoms with Crippen molar-refractivity contribution in [3.05, 3.63) is 65.7 Å². The Morgan fingerprint density at radius 1 is 1.00 bits per heavy atom. The van der Waals surface area contributed by atoms with E-state index in [4.69, 9.17) is 9.47 Å². The lowest BCUT2D eigenvalue weighted by molar-refractivity contribution is -0.144. The first-order valence-electron chi connectivity index (χ1n) is 9.02. The molecular weight excluding hydrogens is 346 g/mol. The van der Waals surface area contributed by atoms with Crippen molar-refractivity contribution < 1.29 is 24.2 Å². The molecule has 0 aliphatic carbocycles. The minimum atomic E-state index is -1.01. The highest BCUT2D eigenvalue weighted by Gasteiger charge is 2.31. The third kappa shape index (κ3) is 5.31. The maximum Gasteiger partial charge on any atom is 0.335 e. The molecule has 1 aliphatic heterocycles. The first kappa shape index (κ1) is 18.9. The summed E-state index contributed by atoms with van der Waals surface area (Å²) >= 11 is 0. The lowest BCUT2D eigenvalue weighted by Gasteiger charge is -2.39. The molecule has 27 heavy (non-hydrogen) atoms. The average molecular weight is 369 g/mol. The van der Waals surface area contributed by atoms with Crippen molar-refractivity contribution in [1.29, 1.82) is 0 Å². The Bertz CT molecular complexity index is 771. The first-order valence-corrected chi connectivity index (χ1v) is 9.02. The van der Waals surface area contributed by atoms with Gasteiger partial charge in [0, 0.05) is 19.5 Å². The van der Waals surface area contributed by atoms with E-state index >= 15 is 0 Å². The Hall–Kier alpha value is -2.86. The summed E-state index contributed by atoms with van der Waals surface area (Å²) in [5, 5.41) is 9.19. The normalized spacial score (nSPS) is 13.9. The minimum absolute atomic E-state index is 0.0420. The molecule has 6 nitrogen and oxygen atoms in total. The quantitative estimate of drug-likeness (QED) is 0.688. The molecule has 1 fully saturated rings. The summed E-state index contributed by atoms with van der Waals surface area (Å²) in [6, 6.07) is 16.2. The number of rotatable bonds is 9. The Balaban J connectivity index is 1.32. The van der Waals surface area contributed by atoms with Gasteiger partial charge in [-0.15, -0.1) is 0 Å². The van der Waals surface area contributed by atoms with E-state index in [-0.39, 0.29) is 24.0 Å². The molecule has 1 heterocycles. The molecule has 1 aliphatic rings. The second kappa shape index (κ2) is 9.19. The number of carboxylic acids is 1. The number of hydrogen-bond acceptors (Lipinski definition) is 4. The summed E-state index contributed by atoms with van der Waals surface area (Å²) in [5.74, 6) is -0.239. The highest BCUT2D eigenvalue weighted by atomic mass is 16.5. The van der Waals surface area contributed by atoms with E-state index in [1.54, 1.807) is 23.1 Å². The third-order valence-corrected chi connectivity index (χ3v) is 4.44. The summed E-state index contributed by atoms with van der Waals surface area (Å²) < 4.78 is 11.3. The molecule has 1 saturated heterocycles. The van der Waals surface area contributed by atoms with Gasteiger partial charge in [0.15, 0.2) is 0 Å². The lowest BCUT2D eigenvalue weighted by Crippen LogP contribution is -2.55. The maximum absolute atomic E-state index is 12.3. The highest BCUT2D eigenvalue weighted by molar-refractivity contribution is 5.91. The molecule has 0 aromatic heterocycles. The number of nitrogens with zero attached hydrogens (tertiary/aromatic N) is 1. The Morgan fingerprint density at radius 3 is 2.44 bits per heavy atom. The zero-order valence-corrected chi connectivity index (χ0v) is 15.0. The van der Waals surface area contributed by atoms with E-state index in [2.05, 4.69) is 0 Å². The van der Waals surface area contributed by atoms with Crippen LogP contribution in [0.15, 0.2) is 54.6 Å². The number of carbonyl (C=O) groups is 2. The van der Waals surface area contributed by atoms with Gasteiger partial charge in [0.05, 0.1) is 31.3 Å².